The van der Waals surface area contributed by atoms with Crippen LogP contribution in [-0.4, -0.2) is 55.6 Å². The SMILES string of the molecule is CN1CCCC(N(C)CC2CCCC2N)C1. The van der Waals surface area contributed by atoms with Gasteiger partial charge in [-0.15, -0.1) is 0 Å². The Labute approximate surface area is 100.0 Å². The van der Waals surface area contributed by atoms with Gasteiger partial charge in [0.15, 0.2) is 0 Å². The summed E-state index contributed by atoms with van der Waals surface area (Å²) in [4.78, 5) is 5.02. The van der Waals surface area contributed by atoms with E-state index >= 15 is 0 Å². The fourth-order valence-corrected chi connectivity index (χ4v) is 3.31. The van der Waals surface area contributed by atoms with Gasteiger partial charge in [-0.2, -0.15) is 0 Å². The van der Waals surface area contributed by atoms with Crippen LogP contribution in [0, 0.1) is 5.92 Å². The zero-order valence-corrected chi connectivity index (χ0v) is 10.9. The van der Waals surface area contributed by atoms with Crippen LogP contribution in [0.1, 0.15) is 32.1 Å². The van der Waals surface area contributed by atoms with Gasteiger partial charge in [0.1, 0.15) is 0 Å². The molecule has 1 aliphatic heterocycles. The molecule has 3 nitrogen and oxygen atoms in total. The molecular weight excluding hydrogens is 198 g/mol. The fourth-order valence-electron chi connectivity index (χ4n) is 3.31. The third-order valence-electron chi connectivity index (χ3n) is 4.46. The molecule has 0 bridgehead atoms. The summed E-state index contributed by atoms with van der Waals surface area (Å²) in [7, 11) is 4.52. The highest BCUT2D eigenvalue weighted by Gasteiger charge is 2.28. The van der Waals surface area contributed by atoms with Crippen LogP contribution < -0.4 is 5.73 Å². The van der Waals surface area contributed by atoms with Crippen LogP contribution in [0.4, 0.5) is 0 Å². The maximum Gasteiger partial charge on any atom is 0.0220 e. The zero-order valence-electron chi connectivity index (χ0n) is 10.9. The maximum atomic E-state index is 6.15. The second-order valence-electron chi connectivity index (χ2n) is 5.85. The molecule has 1 saturated heterocycles. The molecule has 2 N–H and O–H groups in total. The summed E-state index contributed by atoms with van der Waals surface area (Å²) >= 11 is 0. The predicted molar refractivity (Wildman–Crippen MR) is 68.5 cm³/mol. The Morgan fingerprint density at radius 3 is 2.69 bits per heavy atom. The van der Waals surface area contributed by atoms with Crippen molar-refractivity contribution in [3.05, 3.63) is 0 Å². The van der Waals surface area contributed by atoms with Crippen molar-refractivity contribution in [2.45, 2.75) is 44.2 Å². The molecule has 0 amide bonds. The average molecular weight is 225 g/mol. The minimum absolute atomic E-state index is 0.462. The minimum Gasteiger partial charge on any atom is -0.327 e. The molecule has 0 aromatic heterocycles. The lowest BCUT2D eigenvalue weighted by molar-refractivity contribution is 0.118. The topological polar surface area (TPSA) is 32.5 Å². The summed E-state index contributed by atoms with van der Waals surface area (Å²) in [6.45, 7) is 3.71. The Morgan fingerprint density at radius 1 is 1.25 bits per heavy atom. The molecule has 2 fully saturated rings. The number of rotatable bonds is 3. The second-order valence-corrected chi connectivity index (χ2v) is 5.85. The molecular formula is C13H27N3. The Morgan fingerprint density at radius 2 is 2.06 bits per heavy atom. The van der Waals surface area contributed by atoms with E-state index < -0.39 is 0 Å². The van der Waals surface area contributed by atoms with E-state index in [2.05, 4.69) is 23.9 Å². The lowest BCUT2D eigenvalue weighted by Crippen LogP contribution is -2.47. The summed E-state index contributed by atoms with van der Waals surface area (Å²) in [6, 6.07) is 1.22. The van der Waals surface area contributed by atoms with Crippen molar-refractivity contribution in [3.63, 3.8) is 0 Å². The third kappa shape index (κ3) is 2.96. The summed E-state index contributed by atoms with van der Waals surface area (Å²) in [5, 5.41) is 0. The van der Waals surface area contributed by atoms with Crippen molar-refractivity contribution in [3.8, 4) is 0 Å². The number of hydrogen-bond acceptors (Lipinski definition) is 3. The van der Waals surface area contributed by atoms with Crippen LogP contribution in [0.5, 0.6) is 0 Å². The highest BCUT2D eigenvalue weighted by molar-refractivity contribution is 4.85. The van der Waals surface area contributed by atoms with Gasteiger partial charge in [-0.3, -0.25) is 0 Å². The predicted octanol–water partition coefficient (Wildman–Crippen LogP) is 1.14. The van der Waals surface area contributed by atoms with Gasteiger partial charge < -0.3 is 15.5 Å². The molecule has 2 aliphatic rings. The molecule has 1 heterocycles. The van der Waals surface area contributed by atoms with Gasteiger partial charge in [0.05, 0.1) is 0 Å². The molecule has 1 aliphatic carbocycles. The van der Waals surface area contributed by atoms with Gasteiger partial charge in [-0.25, -0.2) is 0 Å². The number of piperidine rings is 1. The van der Waals surface area contributed by atoms with Gasteiger partial charge >= 0.3 is 0 Å². The molecule has 2 rings (SSSR count). The van der Waals surface area contributed by atoms with E-state index in [4.69, 9.17) is 5.73 Å². The van der Waals surface area contributed by atoms with Crippen LogP contribution in [0.25, 0.3) is 0 Å². The summed E-state index contributed by atoms with van der Waals surface area (Å²) < 4.78 is 0. The standard InChI is InChI=1S/C13H27N3/c1-15-8-4-6-12(10-15)16(2)9-11-5-3-7-13(11)14/h11-13H,3-10,14H2,1-2H3. The van der Waals surface area contributed by atoms with E-state index in [0.717, 1.165) is 12.0 Å². The van der Waals surface area contributed by atoms with E-state index in [1.165, 1.54) is 51.7 Å². The van der Waals surface area contributed by atoms with Gasteiger partial charge in [0.2, 0.25) is 0 Å². The van der Waals surface area contributed by atoms with Crippen LogP contribution >= 0.6 is 0 Å². The number of nitrogens with two attached hydrogens (primary N) is 1. The van der Waals surface area contributed by atoms with E-state index in [1.54, 1.807) is 0 Å². The van der Waals surface area contributed by atoms with E-state index in [0.29, 0.717) is 6.04 Å². The first-order valence-electron chi connectivity index (χ1n) is 6.81. The summed E-state index contributed by atoms with van der Waals surface area (Å²) in [6.07, 6.45) is 6.63. The molecule has 0 aromatic rings. The molecule has 16 heavy (non-hydrogen) atoms. The van der Waals surface area contributed by atoms with Gasteiger partial charge in [0, 0.05) is 25.2 Å². The average Bonchev–Trinajstić information content (AvgIpc) is 2.64. The van der Waals surface area contributed by atoms with E-state index in [1.807, 2.05) is 0 Å². The highest BCUT2D eigenvalue weighted by atomic mass is 15.2. The number of hydrogen-bond donors (Lipinski definition) is 1. The minimum atomic E-state index is 0.462. The van der Waals surface area contributed by atoms with Crippen LogP contribution in [0.15, 0.2) is 0 Å². The zero-order chi connectivity index (χ0) is 11.5. The van der Waals surface area contributed by atoms with Crippen molar-refractivity contribution < 1.29 is 0 Å². The van der Waals surface area contributed by atoms with Gasteiger partial charge in [0.25, 0.3) is 0 Å². The molecule has 3 heteroatoms. The Bertz CT molecular complexity index is 219. The number of likely N-dealkylation sites (tertiary alicyclic amines) is 1. The first-order valence-corrected chi connectivity index (χ1v) is 6.81. The maximum absolute atomic E-state index is 6.15. The molecule has 0 spiro atoms. The second kappa shape index (κ2) is 5.48. The Kier molecular flexibility index (Phi) is 4.22. The quantitative estimate of drug-likeness (QED) is 0.782. The monoisotopic (exact) mass is 225 g/mol. The van der Waals surface area contributed by atoms with Crippen molar-refractivity contribution in [1.29, 1.82) is 0 Å². The van der Waals surface area contributed by atoms with Crippen LogP contribution in [0.3, 0.4) is 0 Å². The van der Waals surface area contributed by atoms with Gasteiger partial charge in [-0.05, 0) is 52.2 Å². The lowest BCUT2D eigenvalue weighted by atomic mass is 10.00. The lowest BCUT2D eigenvalue weighted by Gasteiger charge is -2.37. The normalized spacial score (nSPS) is 37.1. The Hall–Kier alpha value is -0.120. The summed E-state index contributed by atoms with van der Waals surface area (Å²) in [5.41, 5.74) is 6.15. The van der Waals surface area contributed by atoms with Gasteiger partial charge in [-0.1, -0.05) is 6.42 Å². The van der Waals surface area contributed by atoms with Crippen molar-refractivity contribution in [2.24, 2.45) is 11.7 Å². The van der Waals surface area contributed by atoms with Crippen LogP contribution in [-0.2, 0) is 0 Å². The molecule has 94 valence electrons. The molecule has 3 atom stereocenters. The Balaban J connectivity index is 1.80. The first-order chi connectivity index (χ1) is 7.66. The van der Waals surface area contributed by atoms with E-state index in [-0.39, 0.29) is 0 Å². The highest BCUT2D eigenvalue weighted by Crippen LogP contribution is 2.26. The molecule has 0 aromatic carbocycles. The van der Waals surface area contributed by atoms with Crippen LogP contribution in [0.2, 0.25) is 0 Å². The van der Waals surface area contributed by atoms with Crippen molar-refractivity contribution in [2.75, 3.05) is 33.7 Å². The third-order valence-corrected chi connectivity index (χ3v) is 4.46. The fraction of sp³-hybridized carbons (Fsp3) is 1.00. The smallest absolute Gasteiger partial charge is 0.0220 e. The van der Waals surface area contributed by atoms with Crippen molar-refractivity contribution in [1.82, 2.24) is 9.80 Å². The molecule has 1 saturated carbocycles. The first kappa shape index (κ1) is 12.3. The summed E-state index contributed by atoms with van der Waals surface area (Å²) in [5.74, 6) is 0.747. The van der Waals surface area contributed by atoms with Crippen molar-refractivity contribution >= 4 is 0 Å². The molecule has 3 unspecified atom stereocenters. The largest absolute Gasteiger partial charge is 0.327 e. The molecule has 0 radical (unpaired) electrons. The number of likely N-dealkylation sites (N-methyl/N-ethyl adjacent to an activating group) is 2. The van der Waals surface area contributed by atoms with E-state index in [9.17, 15) is 0 Å². The number of nitrogens with zero attached hydrogens (tertiary/aromatic N) is 2.